The normalized spacial score (nSPS) is 23.5. The van der Waals surface area contributed by atoms with Crippen molar-refractivity contribution in [1.29, 1.82) is 5.26 Å². The number of hydrogen-bond donors (Lipinski definition) is 1. The third-order valence-corrected chi connectivity index (χ3v) is 5.98. The molecule has 1 aromatic heterocycles. The van der Waals surface area contributed by atoms with E-state index >= 15 is 0 Å². The van der Waals surface area contributed by atoms with Crippen molar-refractivity contribution < 1.29 is 4.58 Å². The molecule has 0 saturated carbocycles. The zero-order chi connectivity index (χ0) is 15.9. The highest BCUT2D eigenvalue weighted by atomic mass is 15.1. The third-order valence-electron chi connectivity index (χ3n) is 5.98. The van der Waals surface area contributed by atoms with Crippen molar-refractivity contribution in [2.45, 2.75) is 45.4 Å². The van der Waals surface area contributed by atoms with E-state index in [1.54, 1.807) is 0 Å². The zero-order valence-electron chi connectivity index (χ0n) is 13.9. The Balaban J connectivity index is 1.92. The van der Waals surface area contributed by atoms with Crippen LogP contribution >= 0.6 is 0 Å². The quantitative estimate of drug-likeness (QED) is 0.855. The molecular weight excluding hydrogens is 282 g/mol. The molecule has 0 bridgehead atoms. The Kier molecular flexibility index (Phi) is 3.49. The monoisotopic (exact) mass is 306 g/mol. The second-order valence-electron chi connectivity index (χ2n) is 7.01. The van der Waals surface area contributed by atoms with Crippen molar-refractivity contribution in [3.05, 3.63) is 35.5 Å². The lowest BCUT2D eigenvalue weighted by Crippen LogP contribution is -2.46. The molecule has 3 heteroatoms. The Morgan fingerprint density at radius 1 is 1.30 bits per heavy atom. The maximum Gasteiger partial charge on any atom is 0.206 e. The number of rotatable bonds is 3. The molecule has 1 atom stereocenters. The minimum Gasteiger partial charge on any atom is -0.350 e. The Morgan fingerprint density at radius 2 is 2.17 bits per heavy atom. The fourth-order valence-corrected chi connectivity index (χ4v) is 4.79. The molecule has 0 fully saturated rings. The van der Waals surface area contributed by atoms with Gasteiger partial charge in [0.15, 0.2) is 0 Å². The lowest BCUT2D eigenvalue weighted by atomic mass is 9.68. The van der Waals surface area contributed by atoms with Gasteiger partial charge < -0.3 is 4.98 Å². The van der Waals surface area contributed by atoms with Gasteiger partial charge in [0, 0.05) is 30.2 Å². The van der Waals surface area contributed by atoms with Crippen LogP contribution in [0.3, 0.4) is 0 Å². The number of H-pyrrole nitrogens is 1. The van der Waals surface area contributed by atoms with Gasteiger partial charge in [-0.05, 0) is 30.9 Å². The predicted octanol–water partition coefficient (Wildman–Crippen LogP) is 4.02. The third kappa shape index (κ3) is 2.12. The van der Waals surface area contributed by atoms with Gasteiger partial charge in [-0.2, -0.15) is 5.26 Å². The molecule has 4 rings (SSSR count). The van der Waals surface area contributed by atoms with E-state index in [9.17, 15) is 0 Å². The molecule has 2 aliphatic heterocycles. The van der Waals surface area contributed by atoms with E-state index in [1.807, 2.05) is 0 Å². The Hall–Kier alpha value is -2.08. The number of hydrogen-bond acceptors (Lipinski definition) is 1. The lowest BCUT2D eigenvalue weighted by molar-refractivity contribution is -0.538. The van der Waals surface area contributed by atoms with Crippen molar-refractivity contribution in [2.24, 2.45) is 5.41 Å². The Bertz CT molecular complexity index is 821. The van der Waals surface area contributed by atoms with E-state index in [4.69, 9.17) is 5.26 Å². The SMILES string of the molecule is CCC1(CCC#N)CCC[N+]2=C1c1[nH]c3ccccc3c1CC2. The molecular formula is C20H24N3+. The number of fused-ring (bicyclic) bond motifs is 4. The molecule has 2 aliphatic rings. The maximum absolute atomic E-state index is 9.13. The summed E-state index contributed by atoms with van der Waals surface area (Å²) < 4.78 is 2.60. The highest BCUT2D eigenvalue weighted by Crippen LogP contribution is 2.42. The van der Waals surface area contributed by atoms with Gasteiger partial charge in [-0.25, -0.2) is 4.58 Å². The molecule has 0 radical (unpaired) electrons. The summed E-state index contributed by atoms with van der Waals surface area (Å²) in [7, 11) is 0. The van der Waals surface area contributed by atoms with Gasteiger partial charge in [0.05, 0.1) is 11.5 Å². The van der Waals surface area contributed by atoms with Crippen LogP contribution in [0.5, 0.6) is 0 Å². The molecule has 2 aromatic rings. The minimum atomic E-state index is 0.171. The summed E-state index contributed by atoms with van der Waals surface area (Å²) in [5, 5.41) is 10.5. The van der Waals surface area contributed by atoms with Crippen molar-refractivity contribution in [1.82, 2.24) is 4.98 Å². The van der Waals surface area contributed by atoms with Gasteiger partial charge in [0.25, 0.3) is 0 Å². The number of aromatic amines is 1. The first kappa shape index (κ1) is 14.5. The van der Waals surface area contributed by atoms with Gasteiger partial charge in [0.1, 0.15) is 18.8 Å². The lowest BCUT2D eigenvalue weighted by Gasteiger charge is -2.36. The van der Waals surface area contributed by atoms with Crippen LogP contribution in [0.25, 0.3) is 10.9 Å². The van der Waals surface area contributed by atoms with Crippen LogP contribution < -0.4 is 0 Å². The average molecular weight is 306 g/mol. The van der Waals surface area contributed by atoms with Crippen molar-refractivity contribution in [3.8, 4) is 6.07 Å². The summed E-state index contributed by atoms with van der Waals surface area (Å²) >= 11 is 0. The van der Waals surface area contributed by atoms with Crippen molar-refractivity contribution in [2.75, 3.05) is 13.1 Å². The zero-order valence-corrected chi connectivity index (χ0v) is 13.9. The van der Waals surface area contributed by atoms with Gasteiger partial charge in [-0.3, -0.25) is 0 Å². The van der Waals surface area contributed by atoms with E-state index < -0.39 is 0 Å². The van der Waals surface area contributed by atoms with Crippen LogP contribution in [0.1, 0.15) is 50.3 Å². The molecule has 1 aromatic carbocycles. The first-order valence-electron chi connectivity index (χ1n) is 8.88. The molecule has 0 spiro atoms. The number of aromatic nitrogens is 1. The molecule has 3 heterocycles. The fraction of sp³-hybridized carbons (Fsp3) is 0.500. The summed E-state index contributed by atoms with van der Waals surface area (Å²) in [6, 6.07) is 11.0. The molecule has 1 unspecified atom stereocenters. The Labute approximate surface area is 137 Å². The minimum absolute atomic E-state index is 0.171. The van der Waals surface area contributed by atoms with Gasteiger partial charge in [-0.1, -0.05) is 25.1 Å². The van der Waals surface area contributed by atoms with Crippen molar-refractivity contribution >= 4 is 16.6 Å². The predicted molar refractivity (Wildman–Crippen MR) is 92.9 cm³/mol. The van der Waals surface area contributed by atoms with Gasteiger partial charge >= 0.3 is 0 Å². The molecule has 3 nitrogen and oxygen atoms in total. The molecule has 0 amide bonds. The fourth-order valence-electron chi connectivity index (χ4n) is 4.79. The van der Waals surface area contributed by atoms with Crippen LogP contribution in [0.4, 0.5) is 0 Å². The van der Waals surface area contributed by atoms with Crippen LogP contribution in [0.2, 0.25) is 0 Å². The first-order chi connectivity index (χ1) is 11.3. The van der Waals surface area contributed by atoms with Crippen LogP contribution in [0, 0.1) is 16.7 Å². The van der Waals surface area contributed by atoms with E-state index in [0.29, 0.717) is 6.42 Å². The molecule has 0 aliphatic carbocycles. The standard InChI is InChI=1S/C20H23N3/c1-2-20(10-5-12-21)11-6-13-23-14-9-16-15-7-3-4-8-17(15)22-18(16)19(20)23/h3-4,7-8H,2,5-6,9-11,13-14H2,1H3/p+1. The molecule has 1 N–H and O–H groups in total. The summed E-state index contributed by atoms with van der Waals surface area (Å²) in [5.74, 6) is 0. The van der Waals surface area contributed by atoms with Crippen LogP contribution in [-0.2, 0) is 6.42 Å². The summed E-state index contributed by atoms with van der Waals surface area (Å²) in [4.78, 5) is 3.72. The molecule has 0 saturated heterocycles. The van der Waals surface area contributed by atoms with Crippen LogP contribution in [-0.4, -0.2) is 28.4 Å². The van der Waals surface area contributed by atoms with Gasteiger partial charge in [0.2, 0.25) is 5.71 Å². The van der Waals surface area contributed by atoms with E-state index in [2.05, 4.69) is 46.8 Å². The number of para-hydroxylation sites is 1. The topological polar surface area (TPSA) is 42.6 Å². The van der Waals surface area contributed by atoms with E-state index in [0.717, 1.165) is 25.8 Å². The number of nitrogens with zero attached hydrogens (tertiary/aromatic N) is 2. The second kappa shape index (κ2) is 5.53. The van der Waals surface area contributed by atoms with Crippen molar-refractivity contribution in [3.63, 3.8) is 0 Å². The summed E-state index contributed by atoms with van der Waals surface area (Å²) in [6.45, 7) is 4.59. The summed E-state index contributed by atoms with van der Waals surface area (Å²) in [5.41, 5.74) is 5.77. The highest BCUT2D eigenvalue weighted by molar-refractivity contribution is 6.06. The largest absolute Gasteiger partial charge is 0.350 e. The first-order valence-corrected chi connectivity index (χ1v) is 8.88. The number of benzene rings is 1. The van der Waals surface area contributed by atoms with Gasteiger partial charge in [-0.15, -0.1) is 0 Å². The average Bonchev–Trinajstić information content (AvgIpc) is 2.98. The van der Waals surface area contributed by atoms with Crippen LogP contribution in [0.15, 0.2) is 24.3 Å². The highest BCUT2D eigenvalue weighted by Gasteiger charge is 2.47. The Morgan fingerprint density at radius 3 is 3.00 bits per heavy atom. The van der Waals surface area contributed by atoms with E-state index in [1.165, 1.54) is 47.3 Å². The molecule has 23 heavy (non-hydrogen) atoms. The molecule has 118 valence electrons. The smallest absolute Gasteiger partial charge is 0.206 e. The number of nitriles is 1. The van der Waals surface area contributed by atoms with E-state index in [-0.39, 0.29) is 5.41 Å². The second-order valence-corrected chi connectivity index (χ2v) is 7.01. The summed E-state index contributed by atoms with van der Waals surface area (Å²) in [6.07, 6.45) is 6.35. The number of nitrogens with one attached hydrogen (secondary N) is 1. The maximum atomic E-state index is 9.13.